The van der Waals surface area contributed by atoms with Gasteiger partial charge in [0.25, 0.3) is 0 Å². The van der Waals surface area contributed by atoms with Crippen LogP contribution in [-0.4, -0.2) is 47.9 Å². The van der Waals surface area contributed by atoms with E-state index in [1.54, 1.807) is 7.11 Å². The molecule has 0 amide bonds. The minimum absolute atomic E-state index is 0.513. The predicted octanol–water partition coefficient (Wildman–Crippen LogP) is 2.12. The zero-order valence-corrected chi connectivity index (χ0v) is 13.9. The molecule has 0 bridgehead atoms. The Kier molecular flexibility index (Phi) is 5.31. The fourth-order valence-corrected chi connectivity index (χ4v) is 3.08. The summed E-state index contributed by atoms with van der Waals surface area (Å²) in [6.45, 7) is 4.59. The first-order valence-electron chi connectivity index (χ1n) is 8.13. The van der Waals surface area contributed by atoms with Crippen molar-refractivity contribution in [3.63, 3.8) is 0 Å². The first-order chi connectivity index (χ1) is 11.2. The molecule has 5 heteroatoms. The molecule has 0 saturated carbocycles. The van der Waals surface area contributed by atoms with Crippen molar-refractivity contribution in [3.8, 4) is 5.75 Å². The van der Waals surface area contributed by atoms with E-state index in [1.807, 2.05) is 31.7 Å². The molecule has 1 saturated heterocycles. The number of benzene rings is 1. The van der Waals surface area contributed by atoms with Gasteiger partial charge in [0, 0.05) is 32.9 Å². The molecule has 0 aliphatic carbocycles. The maximum absolute atomic E-state index is 5.82. The number of nitrogens with zero attached hydrogens (tertiary/aromatic N) is 3. The van der Waals surface area contributed by atoms with Gasteiger partial charge in [-0.3, -0.25) is 4.90 Å². The molecule has 2 heterocycles. The van der Waals surface area contributed by atoms with Crippen molar-refractivity contribution in [1.82, 2.24) is 14.5 Å². The maximum atomic E-state index is 5.82. The van der Waals surface area contributed by atoms with Crippen LogP contribution in [-0.2, 0) is 24.8 Å². The Hall–Kier alpha value is -1.85. The van der Waals surface area contributed by atoms with Gasteiger partial charge in [-0.25, -0.2) is 4.98 Å². The second-order valence-electron chi connectivity index (χ2n) is 6.22. The van der Waals surface area contributed by atoms with Crippen LogP contribution in [0, 0.1) is 5.92 Å². The Morgan fingerprint density at radius 1 is 1.30 bits per heavy atom. The van der Waals surface area contributed by atoms with Crippen LogP contribution in [0.25, 0.3) is 0 Å². The molecule has 0 N–H and O–H groups in total. The quantitative estimate of drug-likeness (QED) is 0.847. The molecule has 1 atom stereocenters. The SMILES string of the molecule is COc1ccc(C[C@H]2COCCN(Cc3cncn3C)C2)cc1. The molecule has 0 radical (unpaired) electrons. The predicted molar refractivity (Wildman–Crippen MR) is 89.5 cm³/mol. The van der Waals surface area contributed by atoms with E-state index in [-0.39, 0.29) is 0 Å². The highest BCUT2D eigenvalue weighted by Crippen LogP contribution is 2.18. The normalized spacial score (nSPS) is 19.5. The van der Waals surface area contributed by atoms with Crippen LogP contribution in [0.3, 0.4) is 0 Å². The van der Waals surface area contributed by atoms with Gasteiger partial charge < -0.3 is 14.0 Å². The van der Waals surface area contributed by atoms with E-state index < -0.39 is 0 Å². The van der Waals surface area contributed by atoms with Crippen molar-refractivity contribution in [2.75, 3.05) is 33.4 Å². The second kappa shape index (κ2) is 7.62. The van der Waals surface area contributed by atoms with Gasteiger partial charge in [-0.1, -0.05) is 12.1 Å². The standard InChI is InChI=1S/C18H25N3O2/c1-20-14-19-10-17(20)12-21-7-8-23-13-16(11-21)9-15-3-5-18(22-2)6-4-15/h3-6,10,14,16H,7-9,11-13H2,1-2H3/t16-/m1/s1. The van der Waals surface area contributed by atoms with Crippen LogP contribution in [0.4, 0.5) is 0 Å². The minimum atomic E-state index is 0.513. The van der Waals surface area contributed by atoms with Gasteiger partial charge in [0.15, 0.2) is 0 Å². The number of hydrogen-bond donors (Lipinski definition) is 0. The molecule has 3 rings (SSSR count). The first-order valence-corrected chi connectivity index (χ1v) is 8.13. The summed E-state index contributed by atoms with van der Waals surface area (Å²) in [7, 11) is 3.75. The van der Waals surface area contributed by atoms with Crippen molar-refractivity contribution in [1.29, 1.82) is 0 Å². The molecule has 0 unspecified atom stereocenters. The summed E-state index contributed by atoms with van der Waals surface area (Å²) >= 11 is 0. The summed E-state index contributed by atoms with van der Waals surface area (Å²) in [6, 6.07) is 8.35. The van der Waals surface area contributed by atoms with Crippen LogP contribution < -0.4 is 4.74 Å². The fourth-order valence-electron chi connectivity index (χ4n) is 3.08. The van der Waals surface area contributed by atoms with Gasteiger partial charge in [0.1, 0.15) is 5.75 Å². The lowest BCUT2D eigenvalue weighted by atomic mass is 9.99. The number of aromatic nitrogens is 2. The molecule has 1 aliphatic rings. The fraction of sp³-hybridized carbons (Fsp3) is 0.500. The Morgan fingerprint density at radius 2 is 2.13 bits per heavy atom. The number of ether oxygens (including phenoxy) is 2. The van der Waals surface area contributed by atoms with Gasteiger partial charge in [-0.2, -0.15) is 0 Å². The lowest BCUT2D eigenvalue weighted by Gasteiger charge is -2.23. The molecule has 0 spiro atoms. The minimum Gasteiger partial charge on any atom is -0.497 e. The van der Waals surface area contributed by atoms with E-state index in [2.05, 4.69) is 26.6 Å². The molecular weight excluding hydrogens is 290 g/mol. The number of hydrogen-bond acceptors (Lipinski definition) is 4. The molecule has 1 aromatic carbocycles. The highest BCUT2D eigenvalue weighted by Gasteiger charge is 2.20. The molecule has 1 fully saturated rings. The summed E-state index contributed by atoms with van der Waals surface area (Å²) in [5.74, 6) is 1.42. The van der Waals surface area contributed by atoms with E-state index in [9.17, 15) is 0 Å². The van der Waals surface area contributed by atoms with Crippen molar-refractivity contribution in [3.05, 3.63) is 48.0 Å². The summed E-state index contributed by atoms with van der Waals surface area (Å²) < 4.78 is 13.1. The first kappa shape index (κ1) is 16.0. The molecule has 124 valence electrons. The van der Waals surface area contributed by atoms with Gasteiger partial charge in [-0.05, 0) is 30.0 Å². The average molecular weight is 315 g/mol. The summed E-state index contributed by atoms with van der Waals surface area (Å²) in [5.41, 5.74) is 2.58. The highest BCUT2D eigenvalue weighted by atomic mass is 16.5. The van der Waals surface area contributed by atoms with E-state index in [0.29, 0.717) is 5.92 Å². The summed E-state index contributed by atoms with van der Waals surface area (Å²) in [6.07, 6.45) is 4.84. The smallest absolute Gasteiger partial charge is 0.118 e. The van der Waals surface area contributed by atoms with Crippen molar-refractivity contribution in [2.45, 2.75) is 13.0 Å². The number of rotatable bonds is 5. The Bertz CT molecular complexity index is 609. The second-order valence-corrected chi connectivity index (χ2v) is 6.22. The van der Waals surface area contributed by atoms with E-state index in [1.165, 1.54) is 11.3 Å². The lowest BCUT2D eigenvalue weighted by molar-refractivity contribution is 0.121. The van der Waals surface area contributed by atoms with Gasteiger partial charge in [-0.15, -0.1) is 0 Å². The van der Waals surface area contributed by atoms with Crippen molar-refractivity contribution in [2.24, 2.45) is 13.0 Å². The monoisotopic (exact) mass is 315 g/mol. The van der Waals surface area contributed by atoms with Crippen LogP contribution in [0.2, 0.25) is 0 Å². The van der Waals surface area contributed by atoms with E-state index in [4.69, 9.17) is 9.47 Å². The van der Waals surface area contributed by atoms with Gasteiger partial charge in [0.05, 0.1) is 32.3 Å². The maximum Gasteiger partial charge on any atom is 0.118 e. The van der Waals surface area contributed by atoms with Crippen molar-refractivity contribution < 1.29 is 9.47 Å². The Balaban J connectivity index is 1.61. The largest absolute Gasteiger partial charge is 0.497 e. The summed E-state index contributed by atoms with van der Waals surface area (Å²) in [5, 5.41) is 0. The average Bonchev–Trinajstić information content (AvgIpc) is 2.83. The third-order valence-corrected chi connectivity index (χ3v) is 4.41. The van der Waals surface area contributed by atoms with Gasteiger partial charge >= 0.3 is 0 Å². The zero-order chi connectivity index (χ0) is 16.1. The van der Waals surface area contributed by atoms with Crippen LogP contribution >= 0.6 is 0 Å². The molecule has 23 heavy (non-hydrogen) atoms. The van der Waals surface area contributed by atoms with Crippen molar-refractivity contribution >= 4 is 0 Å². The van der Waals surface area contributed by atoms with E-state index in [0.717, 1.165) is 45.0 Å². The highest BCUT2D eigenvalue weighted by molar-refractivity contribution is 5.27. The number of imidazole rings is 1. The van der Waals surface area contributed by atoms with Crippen LogP contribution in [0.5, 0.6) is 5.75 Å². The summed E-state index contributed by atoms with van der Waals surface area (Å²) in [4.78, 5) is 6.68. The van der Waals surface area contributed by atoms with Crippen LogP contribution in [0.1, 0.15) is 11.3 Å². The molecule has 1 aromatic heterocycles. The molecular formula is C18H25N3O2. The molecule has 5 nitrogen and oxygen atoms in total. The van der Waals surface area contributed by atoms with Crippen LogP contribution in [0.15, 0.2) is 36.8 Å². The zero-order valence-electron chi connectivity index (χ0n) is 13.9. The van der Waals surface area contributed by atoms with Gasteiger partial charge in [0.2, 0.25) is 0 Å². The number of methoxy groups -OCH3 is 1. The Morgan fingerprint density at radius 3 is 2.83 bits per heavy atom. The number of aryl methyl sites for hydroxylation is 1. The lowest BCUT2D eigenvalue weighted by Crippen LogP contribution is -2.31. The van der Waals surface area contributed by atoms with E-state index >= 15 is 0 Å². The Labute approximate surface area is 137 Å². The third kappa shape index (κ3) is 4.33. The molecule has 1 aliphatic heterocycles. The molecule has 2 aromatic rings. The third-order valence-electron chi connectivity index (χ3n) is 4.41. The topological polar surface area (TPSA) is 39.5 Å².